The van der Waals surface area contributed by atoms with Gasteiger partial charge < -0.3 is 14.5 Å². The highest BCUT2D eigenvalue weighted by molar-refractivity contribution is 5.94. The third-order valence-corrected chi connectivity index (χ3v) is 4.42. The van der Waals surface area contributed by atoms with Crippen molar-refractivity contribution in [3.63, 3.8) is 0 Å². The molecule has 1 aromatic heterocycles. The molecule has 28 heavy (non-hydrogen) atoms. The summed E-state index contributed by atoms with van der Waals surface area (Å²) in [6, 6.07) is 15.9. The molecule has 1 heterocycles. The minimum atomic E-state index is -0.891. The van der Waals surface area contributed by atoms with Gasteiger partial charge in [-0.05, 0) is 31.0 Å². The van der Waals surface area contributed by atoms with Crippen molar-refractivity contribution in [2.75, 3.05) is 6.61 Å². The zero-order chi connectivity index (χ0) is 20.1. The van der Waals surface area contributed by atoms with Gasteiger partial charge in [0.2, 0.25) is 0 Å². The average Bonchev–Trinajstić information content (AvgIpc) is 2.70. The molecule has 6 heteroatoms. The van der Waals surface area contributed by atoms with Crippen molar-refractivity contribution in [2.45, 2.75) is 26.3 Å². The Hall–Kier alpha value is -3.41. The maximum absolute atomic E-state index is 12.2. The molecule has 3 rings (SSSR count). The summed E-state index contributed by atoms with van der Waals surface area (Å²) in [7, 11) is 0. The van der Waals surface area contributed by atoms with Gasteiger partial charge in [0.25, 0.3) is 5.91 Å². The number of rotatable bonds is 6. The van der Waals surface area contributed by atoms with Crippen LogP contribution in [-0.4, -0.2) is 18.5 Å². The lowest BCUT2D eigenvalue weighted by atomic mass is 10.0. The van der Waals surface area contributed by atoms with Gasteiger partial charge >= 0.3 is 11.6 Å². The molecule has 0 saturated carbocycles. The standard InChI is InChI=1S/C22H21NO5/c1-3-18(15-10-8-14(2)9-11-15)23-20(24)13-27-21(25)17-12-16-6-4-5-7-19(16)28-22(17)26/h4-12,18H,3,13H2,1-2H3,(H,23,24)/t18-/m0/s1. The maximum atomic E-state index is 12.2. The van der Waals surface area contributed by atoms with Crippen LogP contribution in [0.3, 0.4) is 0 Å². The van der Waals surface area contributed by atoms with Gasteiger partial charge in [0, 0.05) is 5.39 Å². The Kier molecular flexibility index (Phi) is 5.89. The van der Waals surface area contributed by atoms with Crippen molar-refractivity contribution in [2.24, 2.45) is 0 Å². The van der Waals surface area contributed by atoms with Crippen LogP contribution in [0.2, 0.25) is 0 Å². The van der Waals surface area contributed by atoms with Gasteiger partial charge in [-0.15, -0.1) is 0 Å². The summed E-state index contributed by atoms with van der Waals surface area (Å²) in [5, 5.41) is 3.44. The van der Waals surface area contributed by atoms with E-state index in [1.165, 1.54) is 6.07 Å². The van der Waals surface area contributed by atoms with E-state index in [4.69, 9.17) is 9.15 Å². The molecule has 0 unspecified atom stereocenters. The first-order valence-corrected chi connectivity index (χ1v) is 9.04. The number of ether oxygens (including phenoxy) is 1. The lowest BCUT2D eigenvalue weighted by Crippen LogP contribution is -2.32. The van der Waals surface area contributed by atoms with Gasteiger partial charge in [-0.25, -0.2) is 9.59 Å². The van der Waals surface area contributed by atoms with E-state index in [1.54, 1.807) is 24.3 Å². The number of benzene rings is 2. The Labute approximate surface area is 162 Å². The molecule has 2 aromatic carbocycles. The third-order valence-electron chi connectivity index (χ3n) is 4.42. The number of aryl methyl sites for hydroxylation is 1. The molecule has 0 aliphatic rings. The van der Waals surface area contributed by atoms with Crippen molar-refractivity contribution in [1.82, 2.24) is 5.32 Å². The Bertz CT molecular complexity index is 1050. The quantitative estimate of drug-likeness (QED) is 0.523. The largest absolute Gasteiger partial charge is 0.452 e. The molecule has 6 nitrogen and oxygen atoms in total. The van der Waals surface area contributed by atoms with Gasteiger partial charge in [-0.3, -0.25) is 4.79 Å². The van der Waals surface area contributed by atoms with Gasteiger partial charge in [-0.2, -0.15) is 0 Å². The molecule has 0 radical (unpaired) electrons. The van der Waals surface area contributed by atoms with Crippen molar-refractivity contribution < 1.29 is 18.7 Å². The molecular formula is C22H21NO5. The SMILES string of the molecule is CC[C@H](NC(=O)COC(=O)c1cc2ccccc2oc1=O)c1ccc(C)cc1. The predicted octanol–water partition coefficient (Wildman–Crippen LogP) is 3.53. The fourth-order valence-electron chi connectivity index (χ4n) is 2.87. The van der Waals surface area contributed by atoms with Crippen molar-refractivity contribution in [3.8, 4) is 0 Å². The minimum absolute atomic E-state index is 0.183. The lowest BCUT2D eigenvalue weighted by molar-refractivity contribution is -0.125. The number of hydrogen-bond donors (Lipinski definition) is 1. The van der Waals surface area contributed by atoms with Crippen molar-refractivity contribution >= 4 is 22.8 Å². The number of amides is 1. The smallest absolute Gasteiger partial charge is 0.351 e. The van der Waals surface area contributed by atoms with E-state index in [1.807, 2.05) is 38.1 Å². The van der Waals surface area contributed by atoms with Gasteiger partial charge in [0.1, 0.15) is 11.1 Å². The van der Waals surface area contributed by atoms with Crippen LogP contribution in [0.4, 0.5) is 0 Å². The maximum Gasteiger partial charge on any atom is 0.351 e. The first-order valence-electron chi connectivity index (χ1n) is 9.04. The zero-order valence-corrected chi connectivity index (χ0v) is 15.7. The first kappa shape index (κ1) is 19.4. The number of carbonyl (C=O) groups excluding carboxylic acids is 2. The Morgan fingerprint density at radius 3 is 2.54 bits per heavy atom. The molecule has 0 fully saturated rings. The van der Waals surface area contributed by atoms with Crippen LogP contribution in [-0.2, 0) is 9.53 Å². The molecule has 0 saturated heterocycles. The van der Waals surface area contributed by atoms with Gasteiger partial charge in [0.05, 0.1) is 6.04 Å². The number of para-hydroxylation sites is 1. The summed E-state index contributed by atoms with van der Waals surface area (Å²) in [5.41, 5.74) is 1.45. The number of nitrogens with one attached hydrogen (secondary N) is 1. The average molecular weight is 379 g/mol. The van der Waals surface area contributed by atoms with Crippen LogP contribution < -0.4 is 10.9 Å². The topological polar surface area (TPSA) is 85.6 Å². The number of hydrogen-bond acceptors (Lipinski definition) is 5. The Balaban J connectivity index is 1.64. The number of fused-ring (bicyclic) bond motifs is 1. The van der Waals surface area contributed by atoms with Crippen LogP contribution in [0, 0.1) is 6.92 Å². The zero-order valence-electron chi connectivity index (χ0n) is 15.7. The second kappa shape index (κ2) is 8.52. The Morgan fingerprint density at radius 2 is 1.82 bits per heavy atom. The molecule has 1 amide bonds. The fourth-order valence-corrected chi connectivity index (χ4v) is 2.87. The monoisotopic (exact) mass is 379 g/mol. The molecule has 0 spiro atoms. The molecule has 144 valence electrons. The molecule has 0 bridgehead atoms. The summed E-state index contributed by atoms with van der Waals surface area (Å²) in [6.45, 7) is 3.47. The van der Waals surface area contributed by atoms with Crippen LogP contribution in [0.5, 0.6) is 0 Å². The summed E-state index contributed by atoms with van der Waals surface area (Å²) >= 11 is 0. The van der Waals surface area contributed by atoms with Crippen LogP contribution >= 0.6 is 0 Å². The first-order chi connectivity index (χ1) is 13.5. The fraction of sp³-hybridized carbons (Fsp3) is 0.227. The predicted molar refractivity (Wildman–Crippen MR) is 105 cm³/mol. The molecule has 3 aromatic rings. The van der Waals surface area contributed by atoms with E-state index in [2.05, 4.69) is 5.32 Å². The van der Waals surface area contributed by atoms with Crippen molar-refractivity contribution in [1.29, 1.82) is 0 Å². The highest BCUT2D eigenvalue weighted by Crippen LogP contribution is 2.17. The van der Waals surface area contributed by atoms with E-state index >= 15 is 0 Å². The highest BCUT2D eigenvalue weighted by atomic mass is 16.5. The van der Waals surface area contributed by atoms with Gasteiger partial charge in [-0.1, -0.05) is 55.0 Å². The molecule has 0 aliphatic heterocycles. The van der Waals surface area contributed by atoms with Crippen LogP contribution in [0.15, 0.2) is 63.8 Å². The summed E-state index contributed by atoms with van der Waals surface area (Å²) in [4.78, 5) is 36.4. The second-order valence-corrected chi connectivity index (χ2v) is 6.50. The molecule has 1 atom stereocenters. The second-order valence-electron chi connectivity index (χ2n) is 6.50. The molecule has 0 aliphatic carbocycles. The van der Waals surface area contributed by atoms with Gasteiger partial charge in [0.15, 0.2) is 6.61 Å². The summed E-state index contributed by atoms with van der Waals surface area (Å²) in [5.74, 6) is -1.33. The number of carbonyl (C=O) groups is 2. The summed E-state index contributed by atoms with van der Waals surface area (Å²) in [6.07, 6.45) is 0.691. The Morgan fingerprint density at radius 1 is 1.11 bits per heavy atom. The van der Waals surface area contributed by atoms with E-state index in [0.29, 0.717) is 17.4 Å². The molecular weight excluding hydrogens is 358 g/mol. The third kappa shape index (κ3) is 4.46. The summed E-state index contributed by atoms with van der Waals surface area (Å²) < 4.78 is 10.1. The van der Waals surface area contributed by atoms with E-state index in [-0.39, 0.29) is 11.6 Å². The number of esters is 1. The van der Waals surface area contributed by atoms with E-state index in [0.717, 1.165) is 11.1 Å². The lowest BCUT2D eigenvalue weighted by Gasteiger charge is -2.17. The molecule has 1 N–H and O–H groups in total. The van der Waals surface area contributed by atoms with E-state index in [9.17, 15) is 14.4 Å². The van der Waals surface area contributed by atoms with E-state index < -0.39 is 24.1 Å². The minimum Gasteiger partial charge on any atom is -0.452 e. The highest BCUT2D eigenvalue weighted by Gasteiger charge is 2.18. The normalized spacial score (nSPS) is 11.8. The van der Waals surface area contributed by atoms with Crippen LogP contribution in [0.1, 0.15) is 40.9 Å². The van der Waals surface area contributed by atoms with Crippen LogP contribution in [0.25, 0.3) is 11.0 Å². The van der Waals surface area contributed by atoms with Crippen molar-refractivity contribution in [3.05, 3.63) is 81.7 Å².